The predicted molar refractivity (Wildman–Crippen MR) is 116 cm³/mol. The molecule has 5 heteroatoms. The molecule has 0 radical (unpaired) electrons. The van der Waals surface area contributed by atoms with Gasteiger partial charge in [-0.1, -0.05) is 42.5 Å². The number of rotatable bonds is 6. The van der Waals surface area contributed by atoms with E-state index in [2.05, 4.69) is 5.32 Å². The van der Waals surface area contributed by atoms with Gasteiger partial charge in [-0.15, -0.1) is 0 Å². The topological polar surface area (TPSA) is 68.5 Å². The summed E-state index contributed by atoms with van der Waals surface area (Å²) in [7, 11) is 1.61. The number of fused-ring (bicyclic) bond motifs is 1. The van der Waals surface area contributed by atoms with Crippen molar-refractivity contribution in [3.8, 4) is 5.75 Å². The Morgan fingerprint density at radius 2 is 1.73 bits per heavy atom. The maximum Gasteiger partial charge on any atom is 0.251 e. The molecular weight excluding hydrogens is 378 g/mol. The lowest BCUT2D eigenvalue weighted by molar-refractivity contribution is 0.0951. The van der Waals surface area contributed by atoms with E-state index in [1.807, 2.05) is 54.6 Å². The first-order valence-corrected chi connectivity index (χ1v) is 9.63. The quantitative estimate of drug-likeness (QED) is 0.524. The van der Waals surface area contributed by atoms with Crippen LogP contribution in [0.2, 0.25) is 0 Å². The van der Waals surface area contributed by atoms with Gasteiger partial charge < -0.3 is 14.5 Å². The zero-order chi connectivity index (χ0) is 20.9. The Labute approximate surface area is 173 Å². The number of benzene rings is 3. The van der Waals surface area contributed by atoms with Gasteiger partial charge in [-0.05, 0) is 41.5 Å². The Morgan fingerprint density at radius 1 is 0.967 bits per heavy atom. The molecule has 0 atom stereocenters. The van der Waals surface area contributed by atoms with Crippen LogP contribution in [0.25, 0.3) is 11.0 Å². The minimum Gasteiger partial charge on any atom is -0.497 e. The molecule has 1 amide bonds. The molecule has 0 fully saturated rings. The maximum atomic E-state index is 13.0. The van der Waals surface area contributed by atoms with Gasteiger partial charge in [0.2, 0.25) is 0 Å². The maximum absolute atomic E-state index is 13.0. The molecule has 1 aromatic heterocycles. The average molecular weight is 399 g/mol. The van der Waals surface area contributed by atoms with Gasteiger partial charge in [0.1, 0.15) is 11.3 Å². The van der Waals surface area contributed by atoms with Crippen molar-refractivity contribution in [1.82, 2.24) is 5.32 Å². The van der Waals surface area contributed by atoms with Crippen molar-refractivity contribution >= 4 is 16.9 Å². The lowest BCUT2D eigenvalue weighted by Gasteiger charge is -2.07. The first kappa shape index (κ1) is 19.5. The highest BCUT2D eigenvalue weighted by atomic mass is 16.5. The van der Waals surface area contributed by atoms with Gasteiger partial charge in [-0.3, -0.25) is 9.59 Å². The van der Waals surface area contributed by atoms with Crippen LogP contribution in [0.5, 0.6) is 5.75 Å². The minimum absolute atomic E-state index is 0.134. The molecule has 0 spiro atoms. The molecule has 3 aromatic carbocycles. The molecule has 0 bridgehead atoms. The van der Waals surface area contributed by atoms with Crippen LogP contribution >= 0.6 is 0 Å². The first-order valence-electron chi connectivity index (χ1n) is 9.63. The molecule has 0 unspecified atom stereocenters. The molecule has 5 nitrogen and oxygen atoms in total. The van der Waals surface area contributed by atoms with Crippen LogP contribution in [0.3, 0.4) is 0 Å². The zero-order valence-electron chi connectivity index (χ0n) is 16.6. The Hall–Kier alpha value is -3.86. The van der Waals surface area contributed by atoms with Gasteiger partial charge in [0.25, 0.3) is 5.91 Å². The second kappa shape index (κ2) is 8.66. The third-order valence-electron chi connectivity index (χ3n) is 4.96. The number of nitrogens with one attached hydrogen (secondary N) is 1. The third kappa shape index (κ3) is 4.25. The van der Waals surface area contributed by atoms with Crippen LogP contribution in [0, 0.1) is 0 Å². The second-order valence-corrected chi connectivity index (χ2v) is 6.99. The summed E-state index contributed by atoms with van der Waals surface area (Å²) in [5.74, 6) is 0.524. The van der Waals surface area contributed by atoms with Crippen molar-refractivity contribution in [3.05, 3.63) is 112 Å². The minimum atomic E-state index is -0.235. The van der Waals surface area contributed by atoms with Crippen molar-refractivity contribution < 1.29 is 13.9 Å². The van der Waals surface area contributed by atoms with Crippen LogP contribution in [0.4, 0.5) is 0 Å². The van der Waals surface area contributed by atoms with E-state index >= 15 is 0 Å². The normalized spacial score (nSPS) is 10.7. The van der Waals surface area contributed by atoms with Crippen LogP contribution < -0.4 is 15.5 Å². The van der Waals surface area contributed by atoms with Crippen molar-refractivity contribution in [2.24, 2.45) is 0 Å². The van der Waals surface area contributed by atoms with Gasteiger partial charge in [0.15, 0.2) is 5.43 Å². The van der Waals surface area contributed by atoms with Crippen LogP contribution in [0.1, 0.15) is 27.0 Å². The van der Waals surface area contributed by atoms with E-state index in [4.69, 9.17) is 9.15 Å². The Kier molecular flexibility index (Phi) is 5.61. The summed E-state index contributed by atoms with van der Waals surface area (Å²) in [5, 5.41) is 3.28. The fraction of sp³-hybridized carbons (Fsp3) is 0.120. The van der Waals surface area contributed by atoms with Gasteiger partial charge >= 0.3 is 0 Å². The summed E-state index contributed by atoms with van der Waals surface area (Å²) < 4.78 is 10.8. The monoisotopic (exact) mass is 399 g/mol. The van der Waals surface area contributed by atoms with Crippen molar-refractivity contribution in [3.63, 3.8) is 0 Å². The molecule has 1 heterocycles. The standard InChI is InChI=1S/C25H21NO4/c1-29-21-10-7-17(8-11-21)13-20-16-30-23-12-9-19(14-22(23)24(20)27)25(28)26-15-18-5-3-2-4-6-18/h2-12,14,16H,13,15H2,1H3,(H,26,28). The van der Waals surface area contributed by atoms with Crippen LogP contribution in [0.15, 0.2) is 88.3 Å². The summed E-state index contributed by atoms with van der Waals surface area (Å²) in [6.45, 7) is 0.420. The highest BCUT2D eigenvalue weighted by Crippen LogP contribution is 2.17. The number of ether oxygens (including phenoxy) is 1. The molecular formula is C25H21NO4. The van der Waals surface area contributed by atoms with E-state index < -0.39 is 0 Å². The second-order valence-electron chi connectivity index (χ2n) is 6.99. The Morgan fingerprint density at radius 3 is 2.47 bits per heavy atom. The van der Waals surface area contributed by atoms with E-state index in [1.165, 1.54) is 6.26 Å². The molecule has 0 aliphatic rings. The fourth-order valence-electron chi connectivity index (χ4n) is 3.28. The molecule has 30 heavy (non-hydrogen) atoms. The molecule has 0 aliphatic heterocycles. The number of carbonyl (C=O) groups is 1. The summed E-state index contributed by atoms with van der Waals surface area (Å²) in [4.78, 5) is 25.5. The van der Waals surface area contributed by atoms with Crippen molar-refractivity contribution in [2.75, 3.05) is 7.11 Å². The summed E-state index contributed by atoms with van der Waals surface area (Å²) in [6, 6.07) is 22.1. The first-order chi connectivity index (χ1) is 14.6. The largest absolute Gasteiger partial charge is 0.497 e. The molecule has 0 aliphatic carbocycles. The molecule has 0 saturated carbocycles. The van der Waals surface area contributed by atoms with Gasteiger partial charge in [-0.2, -0.15) is 0 Å². The third-order valence-corrected chi connectivity index (χ3v) is 4.96. The Balaban J connectivity index is 1.57. The predicted octanol–water partition coefficient (Wildman–Crippen LogP) is 4.32. The highest BCUT2D eigenvalue weighted by molar-refractivity contribution is 5.97. The summed E-state index contributed by atoms with van der Waals surface area (Å²) in [6.07, 6.45) is 1.93. The van der Waals surface area contributed by atoms with E-state index in [-0.39, 0.29) is 11.3 Å². The lowest BCUT2D eigenvalue weighted by atomic mass is 10.0. The van der Waals surface area contributed by atoms with Crippen molar-refractivity contribution in [1.29, 1.82) is 0 Å². The van der Waals surface area contributed by atoms with E-state index in [9.17, 15) is 9.59 Å². The zero-order valence-corrected chi connectivity index (χ0v) is 16.6. The SMILES string of the molecule is COc1ccc(Cc2coc3ccc(C(=O)NCc4ccccc4)cc3c2=O)cc1. The Bertz CT molecular complexity index is 1230. The van der Waals surface area contributed by atoms with Crippen LogP contribution in [-0.4, -0.2) is 13.0 Å². The number of methoxy groups -OCH3 is 1. The van der Waals surface area contributed by atoms with Crippen LogP contribution in [-0.2, 0) is 13.0 Å². The molecule has 4 rings (SSSR count). The smallest absolute Gasteiger partial charge is 0.251 e. The highest BCUT2D eigenvalue weighted by Gasteiger charge is 2.12. The summed E-state index contributed by atoms with van der Waals surface area (Å²) >= 11 is 0. The molecule has 4 aromatic rings. The van der Waals surface area contributed by atoms with Gasteiger partial charge in [-0.25, -0.2) is 0 Å². The van der Waals surface area contributed by atoms with Gasteiger partial charge in [0.05, 0.1) is 18.8 Å². The van der Waals surface area contributed by atoms with E-state index in [0.717, 1.165) is 16.9 Å². The molecule has 1 N–H and O–H groups in total. The number of hydrogen-bond acceptors (Lipinski definition) is 4. The summed E-state index contributed by atoms with van der Waals surface area (Å²) in [5.41, 5.74) is 3.26. The van der Waals surface area contributed by atoms with Crippen molar-refractivity contribution in [2.45, 2.75) is 13.0 Å². The van der Waals surface area contributed by atoms with E-state index in [1.54, 1.807) is 25.3 Å². The number of amides is 1. The van der Waals surface area contributed by atoms with E-state index in [0.29, 0.717) is 35.1 Å². The van der Waals surface area contributed by atoms with Gasteiger partial charge in [0, 0.05) is 24.1 Å². The molecule has 0 saturated heterocycles. The fourth-order valence-corrected chi connectivity index (χ4v) is 3.28. The molecule has 150 valence electrons. The number of hydrogen-bond donors (Lipinski definition) is 1. The lowest BCUT2D eigenvalue weighted by Crippen LogP contribution is -2.23. The average Bonchev–Trinajstić information content (AvgIpc) is 2.80. The number of carbonyl (C=O) groups excluding carboxylic acids is 1.